The Bertz CT molecular complexity index is 112. The van der Waals surface area contributed by atoms with Gasteiger partial charge in [0.25, 0.3) is 5.97 Å². The molecule has 0 rings (SSSR count). The van der Waals surface area contributed by atoms with Crippen molar-refractivity contribution in [2.24, 2.45) is 0 Å². The minimum absolute atomic E-state index is 0.443. The van der Waals surface area contributed by atoms with Crippen LogP contribution >= 0.6 is 0 Å². The summed E-state index contributed by atoms with van der Waals surface area (Å²) in [6.45, 7) is 3.86. The average Bonchev–Trinajstić information content (AvgIpc) is 2.14. The Morgan fingerprint density at radius 2 is 1.67 bits per heavy atom. The third kappa shape index (κ3) is 3.21. The van der Waals surface area contributed by atoms with Gasteiger partial charge < -0.3 is 18.9 Å². The van der Waals surface area contributed by atoms with Crippen molar-refractivity contribution in [3.63, 3.8) is 0 Å². The molecule has 4 nitrogen and oxygen atoms in total. The average molecular weight is 176 g/mol. The van der Waals surface area contributed by atoms with Crippen molar-refractivity contribution in [1.82, 2.24) is 0 Å². The first-order valence-corrected chi connectivity index (χ1v) is 3.62. The third-order valence-corrected chi connectivity index (χ3v) is 1.58. The van der Waals surface area contributed by atoms with Crippen molar-refractivity contribution in [2.75, 3.05) is 27.9 Å². The van der Waals surface area contributed by atoms with Crippen LogP contribution in [0.25, 0.3) is 0 Å². The Hall–Kier alpha value is -0.580. The van der Waals surface area contributed by atoms with Gasteiger partial charge in [-0.15, -0.1) is 0 Å². The van der Waals surface area contributed by atoms with Gasteiger partial charge in [-0.1, -0.05) is 6.58 Å². The summed E-state index contributed by atoms with van der Waals surface area (Å²) in [7, 11) is 4.54. The zero-order chi connectivity index (χ0) is 9.45. The second-order valence-corrected chi connectivity index (χ2v) is 2.08. The van der Waals surface area contributed by atoms with Crippen molar-refractivity contribution in [2.45, 2.75) is 12.4 Å². The van der Waals surface area contributed by atoms with E-state index in [4.69, 9.17) is 18.9 Å². The smallest absolute Gasteiger partial charge is 0.285 e. The molecule has 0 aromatic heterocycles. The van der Waals surface area contributed by atoms with Crippen LogP contribution in [0.4, 0.5) is 0 Å². The highest BCUT2D eigenvalue weighted by Gasteiger charge is 2.28. The minimum Gasteiger partial charge on any atom is -0.501 e. The Morgan fingerprint density at radius 3 is 2.00 bits per heavy atom. The van der Waals surface area contributed by atoms with Gasteiger partial charge in [-0.2, -0.15) is 0 Å². The van der Waals surface area contributed by atoms with E-state index in [0.717, 1.165) is 0 Å². The van der Waals surface area contributed by atoms with Crippen LogP contribution in [-0.2, 0) is 18.9 Å². The van der Waals surface area contributed by atoms with Crippen LogP contribution < -0.4 is 0 Å². The highest BCUT2D eigenvalue weighted by Crippen LogP contribution is 2.16. The molecule has 0 bridgehead atoms. The highest BCUT2D eigenvalue weighted by atomic mass is 16.9. The fourth-order valence-electron chi connectivity index (χ4n) is 0.823. The molecule has 0 N–H and O–H groups in total. The fraction of sp³-hybridized carbons (Fsp3) is 0.750. The Labute approximate surface area is 73.1 Å². The van der Waals surface area contributed by atoms with Gasteiger partial charge in [0.15, 0.2) is 0 Å². The molecule has 0 amide bonds. The van der Waals surface area contributed by atoms with Crippen LogP contribution in [0.15, 0.2) is 12.8 Å². The van der Waals surface area contributed by atoms with Gasteiger partial charge >= 0.3 is 0 Å². The molecule has 12 heavy (non-hydrogen) atoms. The topological polar surface area (TPSA) is 36.9 Å². The monoisotopic (exact) mass is 176 g/mol. The molecule has 0 unspecified atom stereocenters. The molecule has 0 saturated carbocycles. The maximum atomic E-state index is 5.02. The van der Waals surface area contributed by atoms with Crippen molar-refractivity contribution < 1.29 is 18.9 Å². The van der Waals surface area contributed by atoms with E-state index >= 15 is 0 Å². The molecule has 0 aliphatic rings. The summed E-state index contributed by atoms with van der Waals surface area (Å²) in [5.74, 6) is -0.997. The lowest BCUT2D eigenvalue weighted by molar-refractivity contribution is -0.356. The molecule has 4 heteroatoms. The van der Waals surface area contributed by atoms with Gasteiger partial charge in [-0.25, -0.2) is 0 Å². The molecule has 0 radical (unpaired) electrons. The van der Waals surface area contributed by atoms with Gasteiger partial charge in [0.05, 0.1) is 19.3 Å². The standard InChI is InChI=1S/C8H16O4/c1-5-12-7-6-8(9-2,10-3)11-4/h5H,1,6-7H2,2-4H3. The third-order valence-electron chi connectivity index (χ3n) is 1.58. The van der Waals surface area contributed by atoms with Crippen LogP contribution in [0.5, 0.6) is 0 Å². The molecular weight excluding hydrogens is 160 g/mol. The maximum absolute atomic E-state index is 5.02. The molecule has 0 spiro atoms. The summed E-state index contributed by atoms with van der Waals surface area (Å²) in [6, 6.07) is 0. The lowest BCUT2D eigenvalue weighted by Gasteiger charge is -2.28. The number of ether oxygens (including phenoxy) is 4. The summed E-state index contributed by atoms with van der Waals surface area (Å²) in [5.41, 5.74) is 0. The van der Waals surface area contributed by atoms with Gasteiger partial charge in [-0.05, 0) is 0 Å². The Kier molecular flexibility index (Phi) is 5.70. The van der Waals surface area contributed by atoms with E-state index in [1.54, 1.807) is 0 Å². The second-order valence-electron chi connectivity index (χ2n) is 2.08. The first-order chi connectivity index (χ1) is 5.74. The van der Waals surface area contributed by atoms with Crippen molar-refractivity contribution >= 4 is 0 Å². The molecule has 0 fully saturated rings. The first-order valence-electron chi connectivity index (χ1n) is 3.62. The van der Waals surface area contributed by atoms with E-state index in [9.17, 15) is 0 Å². The van der Waals surface area contributed by atoms with Gasteiger partial charge in [0.1, 0.15) is 0 Å². The number of hydrogen-bond donors (Lipinski definition) is 0. The summed E-state index contributed by atoms with van der Waals surface area (Å²) in [6.07, 6.45) is 1.86. The molecule has 0 aliphatic carbocycles. The fourth-order valence-corrected chi connectivity index (χ4v) is 0.823. The summed E-state index contributed by atoms with van der Waals surface area (Å²) < 4.78 is 20.0. The summed E-state index contributed by atoms with van der Waals surface area (Å²) in [4.78, 5) is 0. The molecule has 0 heterocycles. The molecule has 0 aromatic rings. The van der Waals surface area contributed by atoms with Crippen molar-refractivity contribution in [3.05, 3.63) is 12.8 Å². The van der Waals surface area contributed by atoms with E-state index in [0.29, 0.717) is 13.0 Å². The van der Waals surface area contributed by atoms with Crippen LogP contribution in [-0.4, -0.2) is 33.9 Å². The summed E-state index contributed by atoms with van der Waals surface area (Å²) in [5, 5.41) is 0. The predicted octanol–water partition coefficient (Wildman–Crippen LogP) is 1.13. The molecule has 0 atom stereocenters. The van der Waals surface area contributed by atoms with Gasteiger partial charge in [0, 0.05) is 21.3 Å². The number of methoxy groups -OCH3 is 3. The predicted molar refractivity (Wildman–Crippen MR) is 44.5 cm³/mol. The van der Waals surface area contributed by atoms with Gasteiger partial charge in [0.2, 0.25) is 0 Å². The van der Waals surface area contributed by atoms with E-state index < -0.39 is 5.97 Å². The molecule has 0 saturated heterocycles. The molecule has 72 valence electrons. The maximum Gasteiger partial charge on any atom is 0.285 e. The Morgan fingerprint density at radius 1 is 1.17 bits per heavy atom. The van der Waals surface area contributed by atoms with E-state index in [1.807, 2.05) is 0 Å². The molecule has 0 aliphatic heterocycles. The largest absolute Gasteiger partial charge is 0.501 e. The van der Waals surface area contributed by atoms with Crippen LogP contribution in [0.1, 0.15) is 6.42 Å². The zero-order valence-corrected chi connectivity index (χ0v) is 7.83. The normalized spacial score (nSPS) is 11.2. The van der Waals surface area contributed by atoms with Crippen molar-refractivity contribution in [1.29, 1.82) is 0 Å². The van der Waals surface area contributed by atoms with E-state index in [2.05, 4.69) is 6.58 Å². The Balaban J connectivity index is 3.84. The molecular formula is C8H16O4. The lowest BCUT2D eigenvalue weighted by Crippen LogP contribution is -2.37. The van der Waals surface area contributed by atoms with Crippen molar-refractivity contribution in [3.8, 4) is 0 Å². The van der Waals surface area contributed by atoms with E-state index in [-0.39, 0.29) is 0 Å². The zero-order valence-electron chi connectivity index (χ0n) is 7.83. The quantitative estimate of drug-likeness (QED) is 0.331. The second kappa shape index (κ2) is 5.99. The summed E-state index contributed by atoms with van der Waals surface area (Å²) >= 11 is 0. The number of hydrogen-bond acceptors (Lipinski definition) is 4. The van der Waals surface area contributed by atoms with Crippen LogP contribution in [0.3, 0.4) is 0 Å². The minimum atomic E-state index is -0.997. The van der Waals surface area contributed by atoms with Gasteiger partial charge in [-0.3, -0.25) is 0 Å². The highest BCUT2D eigenvalue weighted by molar-refractivity contribution is 4.57. The van der Waals surface area contributed by atoms with Crippen LogP contribution in [0.2, 0.25) is 0 Å². The number of rotatable bonds is 7. The first kappa shape index (κ1) is 11.4. The van der Waals surface area contributed by atoms with E-state index in [1.165, 1.54) is 27.6 Å². The SMILES string of the molecule is C=COCCC(OC)(OC)OC. The van der Waals surface area contributed by atoms with Crippen LogP contribution in [0, 0.1) is 0 Å². The lowest BCUT2D eigenvalue weighted by atomic mass is 10.4. The molecule has 0 aromatic carbocycles.